The Labute approximate surface area is 107 Å². The molecule has 17 heavy (non-hydrogen) atoms. The van der Waals surface area contributed by atoms with Crippen LogP contribution in [0.25, 0.3) is 0 Å². The number of amides is 1. The molecule has 0 saturated carbocycles. The minimum Gasteiger partial charge on any atom is -0.459 e. The molecule has 0 radical (unpaired) electrons. The molecule has 94 valence electrons. The minimum absolute atomic E-state index is 0. The van der Waals surface area contributed by atoms with Gasteiger partial charge in [-0.05, 0) is 26.0 Å². The van der Waals surface area contributed by atoms with Crippen molar-refractivity contribution in [3.05, 3.63) is 35.3 Å². The molecule has 0 bridgehead atoms. The van der Waals surface area contributed by atoms with E-state index in [0.29, 0.717) is 12.3 Å². The average molecular weight is 257 g/mol. The summed E-state index contributed by atoms with van der Waals surface area (Å²) in [6.07, 6.45) is 4.66. The van der Waals surface area contributed by atoms with E-state index in [4.69, 9.17) is 4.42 Å². The normalized spacial score (nSPS) is 14.8. The van der Waals surface area contributed by atoms with Crippen LogP contribution in [0.1, 0.15) is 22.5 Å². The van der Waals surface area contributed by atoms with Crippen LogP contribution in [0.5, 0.6) is 0 Å². The van der Waals surface area contributed by atoms with Gasteiger partial charge in [0.05, 0.1) is 6.26 Å². The average Bonchev–Trinajstić information content (AvgIpc) is 2.74. The number of halogens is 1. The molecule has 1 aromatic heterocycles. The summed E-state index contributed by atoms with van der Waals surface area (Å²) in [6, 6.07) is 1.79. The summed E-state index contributed by atoms with van der Waals surface area (Å²) >= 11 is 0. The fraction of sp³-hybridized carbons (Fsp3) is 0.417. The summed E-state index contributed by atoms with van der Waals surface area (Å²) < 4.78 is 5.12. The van der Waals surface area contributed by atoms with Gasteiger partial charge in [-0.1, -0.05) is 11.6 Å². The summed E-state index contributed by atoms with van der Waals surface area (Å²) in [4.78, 5) is 11.7. The number of aryl methyl sites for hydroxylation is 1. The fourth-order valence-corrected chi connectivity index (χ4v) is 1.71. The van der Waals surface area contributed by atoms with Crippen molar-refractivity contribution >= 4 is 18.3 Å². The number of carbonyl (C=O) groups excluding carboxylic acids is 1. The Hall–Kier alpha value is -1.26. The van der Waals surface area contributed by atoms with E-state index < -0.39 is 0 Å². The Morgan fingerprint density at radius 2 is 2.41 bits per heavy atom. The van der Waals surface area contributed by atoms with Crippen LogP contribution in [0.2, 0.25) is 0 Å². The van der Waals surface area contributed by atoms with Crippen LogP contribution in [0, 0.1) is 6.92 Å². The molecule has 4 nitrogen and oxygen atoms in total. The number of nitrogens with one attached hydrogen (secondary N) is 2. The second-order valence-electron chi connectivity index (χ2n) is 3.93. The third-order valence-electron chi connectivity index (χ3n) is 2.70. The maximum atomic E-state index is 11.7. The maximum Gasteiger partial charge on any atom is 0.287 e. The Bertz CT molecular complexity index is 412. The van der Waals surface area contributed by atoms with E-state index in [9.17, 15) is 4.79 Å². The van der Waals surface area contributed by atoms with Gasteiger partial charge in [-0.3, -0.25) is 4.79 Å². The van der Waals surface area contributed by atoms with Crippen molar-refractivity contribution in [2.45, 2.75) is 13.3 Å². The van der Waals surface area contributed by atoms with Crippen LogP contribution in [0.4, 0.5) is 0 Å². The molecule has 5 heteroatoms. The monoisotopic (exact) mass is 256 g/mol. The van der Waals surface area contributed by atoms with Crippen molar-refractivity contribution in [1.82, 2.24) is 10.6 Å². The molecule has 1 aliphatic rings. The van der Waals surface area contributed by atoms with Crippen LogP contribution in [-0.2, 0) is 0 Å². The summed E-state index contributed by atoms with van der Waals surface area (Å²) in [6.45, 7) is 4.36. The van der Waals surface area contributed by atoms with E-state index in [1.165, 1.54) is 11.8 Å². The summed E-state index contributed by atoms with van der Waals surface area (Å²) in [5, 5.41) is 6.10. The van der Waals surface area contributed by atoms with Gasteiger partial charge in [0, 0.05) is 18.7 Å². The smallest absolute Gasteiger partial charge is 0.287 e. The quantitative estimate of drug-likeness (QED) is 0.809. The lowest BCUT2D eigenvalue weighted by Crippen LogP contribution is -2.29. The second kappa shape index (κ2) is 6.47. The van der Waals surface area contributed by atoms with Crippen molar-refractivity contribution in [2.24, 2.45) is 0 Å². The SMILES string of the molecule is Cc1ccoc1C(=O)NCC1=CCNCC1.Cl. The molecule has 2 N–H and O–H groups in total. The number of rotatable bonds is 3. The van der Waals surface area contributed by atoms with Crippen LogP contribution in [0.15, 0.2) is 28.4 Å². The Morgan fingerprint density at radius 1 is 1.59 bits per heavy atom. The van der Waals surface area contributed by atoms with Crippen LogP contribution < -0.4 is 10.6 Å². The van der Waals surface area contributed by atoms with Crippen molar-refractivity contribution in [2.75, 3.05) is 19.6 Å². The van der Waals surface area contributed by atoms with Gasteiger partial charge < -0.3 is 15.1 Å². The summed E-state index contributed by atoms with van der Waals surface area (Å²) in [5.74, 6) is 0.275. The first-order chi connectivity index (χ1) is 7.77. The van der Waals surface area contributed by atoms with Gasteiger partial charge in [-0.2, -0.15) is 0 Å². The second-order valence-corrected chi connectivity index (χ2v) is 3.93. The molecule has 1 aliphatic heterocycles. The molecule has 0 atom stereocenters. The number of furan rings is 1. The van der Waals surface area contributed by atoms with Gasteiger partial charge in [0.1, 0.15) is 0 Å². The van der Waals surface area contributed by atoms with E-state index in [1.54, 1.807) is 6.07 Å². The number of carbonyl (C=O) groups is 1. The Morgan fingerprint density at radius 3 is 3.00 bits per heavy atom. The largest absolute Gasteiger partial charge is 0.459 e. The van der Waals surface area contributed by atoms with Gasteiger partial charge >= 0.3 is 0 Å². The highest BCUT2D eigenvalue weighted by Crippen LogP contribution is 2.09. The summed E-state index contributed by atoms with van der Waals surface area (Å²) in [7, 11) is 0. The number of hydrogen-bond acceptors (Lipinski definition) is 3. The molecular formula is C12H17ClN2O2. The molecule has 2 rings (SSSR count). The fourth-order valence-electron chi connectivity index (χ4n) is 1.71. The molecular weight excluding hydrogens is 240 g/mol. The van der Waals surface area contributed by atoms with Crippen LogP contribution >= 0.6 is 12.4 Å². The molecule has 0 unspecified atom stereocenters. The molecule has 0 aromatic carbocycles. The first kappa shape index (κ1) is 13.8. The zero-order valence-electron chi connectivity index (χ0n) is 9.79. The highest BCUT2D eigenvalue weighted by molar-refractivity contribution is 5.92. The van der Waals surface area contributed by atoms with Crippen molar-refractivity contribution in [1.29, 1.82) is 0 Å². The van der Waals surface area contributed by atoms with Crippen molar-refractivity contribution in [3.8, 4) is 0 Å². The molecule has 2 heterocycles. The Kier molecular flexibility index (Phi) is 5.25. The highest BCUT2D eigenvalue weighted by atomic mass is 35.5. The predicted molar refractivity (Wildman–Crippen MR) is 68.6 cm³/mol. The first-order valence-electron chi connectivity index (χ1n) is 5.48. The van der Waals surface area contributed by atoms with E-state index >= 15 is 0 Å². The van der Waals surface area contributed by atoms with Gasteiger partial charge in [-0.25, -0.2) is 0 Å². The van der Waals surface area contributed by atoms with Gasteiger partial charge in [0.2, 0.25) is 0 Å². The number of hydrogen-bond donors (Lipinski definition) is 2. The van der Waals surface area contributed by atoms with Gasteiger partial charge in [-0.15, -0.1) is 12.4 Å². The molecule has 0 spiro atoms. The van der Waals surface area contributed by atoms with Crippen LogP contribution in [-0.4, -0.2) is 25.5 Å². The molecule has 1 amide bonds. The van der Waals surface area contributed by atoms with E-state index in [-0.39, 0.29) is 18.3 Å². The Balaban J connectivity index is 0.00000144. The third kappa shape index (κ3) is 3.61. The zero-order valence-corrected chi connectivity index (χ0v) is 10.6. The van der Waals surface area contributed by atoms with E-state index in [2.05, 4.69) is 16.7 Å². The minimum atomic E-state index is -0.137. The maximum absolute atomic E-state index is 11.7. The summed E-state index contributed by atoms with van der Waals surface area (Å²) in [5.41, 5.74) is 2.15. The first-order valence-corrected chi connectivity index (χ1v) is 5.48. The van der Waals surface area contributed by atoms with Crippen molar-refractivity contribution < 1.29 is 9.21 Å². The standard InChI is InChI=1S/C12H16N2O2.ClH/c1-9-4-7-16-11(9)12(15)14-8-10-2-5-13-6-3-10;/h2,4,7,13H,3,5-6,8H2,1H3,(H,14,15);1H. The van der Waals surface area contributed by atoms with Crippen molar-refractivity contribution in [3.63, 3.8) is 0 Å². The zero-order chi connectivity index (χ0) is 11.4. The molecule has 1 aromatic rings. The molecule has 0 fully saturated rings. The lowest BCUT2D eigenvalue weighted by atomic mass is 10.1. The predicted octanol–water partition coefficient (Wildman–Crippen LogP) is 1.66. The lowest BCUT2D eigenvalue weighted by Gasteiger charge is -2.14. The van der Waals surface area contributed by atoms with E-state index in [1.807, 2.05) is 6.92 Å². The topological polar surface area (TPSA) is 54.3 Å². The van der Waals surface area contributed by atoms with Gasteiger partial charge in [0.25, 0.3) is 5.91 Å². The molecule has 0 aliphatic carbocycles. The highest BCUT2D eigenvalue weighted by Gasteiger charge is 2.12. The third-order valence-corrected chi connectivity index (χ3v) is 2.70. The lowest BCUT2D eigenvalue weighted by molar-refractivity contribution is 0.0928. The van der Waals surface area contributed by atoms with Crippen LogP contribution in [0.3, 0.4) is 0 Å². The van der Waals surface area contributed by atoms with E-state index in [0.717, 1.165) is 25.1 Å². The molecule has 0 saturated heterocycles. The van der Waals surface area contributed by atoms with Gasteiger partial charge in [0.15, 0.2) is 5.76 Å².